The Morgan fingerprint density at radius 3 is 2.37 bits per heavy atom. The molecule has 102 valence electrons. The molecule has 1 aromatic rings. The van der Waals surface area contributed by atoms with Crippen molar-refractivity contribution in [3.63, 3.8) is 0 Å². The van der Waals surface area contributed by atoms with Crippen LogP contribution in [0.1, 0.15) is 37.2 Å². The van der Waals surface area contributed by atoms with Crippen molar-refractivity contribution in [1.29, 1.82) is 0 Å². The van der Waals surface area contributed by atoms with Crippen molar-refractivity contribution in [3.05, 3.63) is 23.8 Å². The first-order valence-electron chi connectivity index (χ1n) is 7.58. The molecule has 2 bridgehead atoms. The topological polar surface area (TPSA) is 32.5 Å². The molecule has 3 nitrogen and oxygen atoms in total. The molecule has 2 aliphatic heterocycles. The summed E-state index contributed by atoms with van der Waals surface area (Å²) in [6, 6.07) is 8.19. The summed E-state index contributed by atoms with van der Waals surface area (Å²) in [7, 11) is 2.29. The number of piperazine rings is 1. The minimum atomic E-state index is 0.740. The van der Waals surface area contributed by atoms with E-state index in [0.29, 0.717) is 0 Å². The normalized spacial score (nSPS) is 30.9. The molecule has 0 spiro atoms. The summed E-state index contributed by atoms with van der Waals surface area (Å²) < 4.78 is 0. The van der Waals surface area contributed by atoms with Crippen molar-refractivity contribution in [2.75, 3.05) is 30.8 Å². The monoisotopic (exact) mass is 257 g/mol. The number of nitrogen functional groups attached to an aromatic ring is 1. The third-order valence-corrected chi connectivity index (χ3v) is 5.30. The molecule has 1 aliphatic carbocycles. The van der Waals surface area contributed by atoms with Crippen LogP contribution in [0.2, 0.25) is 0 Å². The predicted octanol–water partition coefficient (Wildman–Crippen LogP) is 2.43. The van der Waals surface area contributed by atoms with Crippen LogP contribution in [0.3, 0.4) is 0 Å². The van der Waals surface area contributed by atoms with Crippen LogP contribution in [0.25, 0.3) is 0 Å². The minimum Gasteiger partial charge on any atom is -0.398 e. The van der Waals surface area contributed by atoms with Crippen LogP contribution in [-0.4, -0.2) is 37.1 Å². The SMILES string of the molecule is CN1C2CCC1CN(c1ccc(N)c(C3CC3)c1)C2. The maximum absolute atomic E-state index is 6.12. The number of likely N-dealkylation sites (N-methyl/N-ethyl adjacent to an activating group) is 1. The van der Waals surface area contributed by atoms with Crippen LogP contribution in [0.4, 0.5) is 11.4 Å². The molecule has 2 saturated heterocycles. The van der Waals surface area contributed by atoms with Gasteiger partial charge in [-0.2, -0.15) is 0 Å². The van der Waals surface area contributed by atoms with Gasteiger partial charge in [-0.25, -0.2) is 0 Å². The van der Waals surface area contributed by atoms with Crippen molar-refractivity contribution < 1.29 is 0 Å². The van der Waals surface area contributed by atoms with Gasteiger partial charge in [0.2, 0.25) is 0 Å². The molecule has 3 fully saturated rings. The van der Waals surface area contributed by atoms with Crippen LogP contribution in [-0.2, 0) is 0 Å². The quantitative estimate of drug-likeness (QED) is 0.826. The highest BCUT2D eigenvalue weighted by molar-refractivity contribution is 5.61. The van der Waals surface area contributed by atoms with Crippen LogP contribution in [0.5, 0.6) is 0 Å². The molecule has 4 rings (SSSR count). The molecule has 2 N–H and O–H groups in total. The Morgan fingerprint density at radius 1 is 1.05 bits per heavy atom. The van der Waals surface area contributed by atoms with Gasteiger partial charge in [-0.1, -0.05) is 0 Å². The number of fused-ring (bicyclic) bond motifs is 2. The predicted molar refractivity (Wildman–Crippen MR) is 79.6 cm³/mol. The Balaban J connectivity index is 1.61. The van der Waals surface area contributed by atoms with Crippen LogP contribution >= 0.6 is 0 Å². The highest BCUT2D eigenvalue weighted by atomic mass is 15.3. The van der Waals surface area contributed by atoms with Gasteiger partial charge in [-0.05, 0) is 62.4 Å². The lowest BCUT2D eigenvalue weighted by Gasteiger charge is -2.40. The number of benzene rings is 1. The van der Waals surface area contributed by atoms with Crippen LogP contribution in [0.15, 0.2) is 18.2 Å². The number of anilines is 2. The van der Waals surface area contributed by atoms with E-state index < -0.39 is 0 Å². The van der Waals surface area contributed by atoms with E-state index in [1.165, 1.54) is 50.0 Å². The van der Waals surface area contributed by atoms with Crippen molar-refractivity contribution >= 4 is 11.4 Å². The smallest absolute Gasteiger partial charge is 0.0371 e. The number of nitrogens with zero attached hydrogens (tertiary/aromatic N) is 2. The van der Waals surface area contributed by atoms with Crippen LogP contribution in [0, 0.1) is 0 Å². The van der Waals surface area contributed by atoms with Crippen molar-refractivity contribution in [2.24, 2.45) is 0 Å². The van der Waals surface area contributed by atoms with Gasteiger partial charge in [-0.3, -0.25) is 4.90 Å². The van der Waals surface area contributed by atoms with Gasteiger partial charge >= 0.3 is 0 Å². The Hall–Kier alpha value is -1.22. The molecule has 19 heavy (non-hydrogen) atoms. The Labute approximate surface area is 115 Å². The largest absolute Gasteiger partial charge is 0.398 e. The minimum absolute atomic E-state index is 0.740. The Bertz CT molecular complexity index is 481. The van der Waals surface area contributed by atoms with Gasteiger partial charge in [0, 0.05) is 36.5 Å². The van der Waals surface area contributed by atoms with Gasteiger partial charge < -0.3 is 10.6 Å². The van der Waals surface area contributed by atoms with E-state index in [9.17, 15) is 0 Å². The first kappa shape index (κ1) is 11.6. The second-order valence-electron chi connectivity index (χ2n) is 6.54. The number of nitrogens with two attached hydrogens (primary N) is 1. The summed E-state index contributed by atoms with van der Waals surface area (Å²) in [6.07, 6.45) is 5.37. The second kappa shape index (κ2) is 4.14. The second-order valence-corrected chi connectivity index (χ2v) is 6.54. The standard InChI is InChI=1S/C16H23N3/c1-18-13-4-5-14(18)10-19(9-13)12-6-7-16(17)15(8-12)11-2-3-11/h6-8,11,13-14H,2-5,9-10,17H2,1H3. The zero-order valence-electron chi connectivity index (χ0n) is 11.7. The van der Waals surface area contributed by atoms with E-state index in [-0.39, 0.29) is 0 Å². The highest BCUT2D eigenvalue weighted by Crippen LogP contribution is 2.44. The lowest BCUT2D eigenvalue weighted by molar-refractivity contribution is 0.212. The molecular weight excluding hydrogens is 234 g/mol. The van der Waals surface area contributed by atoms with E-state index in [2.05, 4.69) is 35.0 Å². The third kappa shape index (κ3) is 1.91. The maximum atomic E-state index is 6.12. The van der Waals surface area contributed by atoms with Crippen molar-refractivity contribution in [1.82, 2.24) is 4.90 Å². The van der Waals surface area contributed by atoms with Gasteiger partial charge in [0.15, 0.2) is 0 Å². The third-order valence-electron chi connectivity index (χ3n) is 5.30. The Morgan fingerprint density at radius 2 is 1.74 bits per heavy atom. The molecule has 0 radical (unpaired) electrons. The number of hydrogen-bond acceptors (Lipinski definition) is 3. The molecule has 3 heteroatoms. The van der Waals surface area contributed by atoms with Gasteiger partial charge in [-0.15, -0.1) is 0 Å². The zero-order chi connectivity index (χ0) is 13.0. The molecular formula is C16H23N3. The molecule has 3 aliphatic rings. The summed E-state index contributed by atoms with van der Waals surface area (Å²) >= 11 is 0. The summed E-state index contributed by atoms with van der Waals surface area (Å²) in [6.45, 7) is 2.36. The average Bonchev–Trinajstić information content (AvgIpc) is 3.21. The van der Waals surface area contributed by atoms with Crippen molar-refractivity contribution in [2.45, 2.75) is 43.7 Å². The zero-order valence-corrected chi connectivity index (χ0v) is 11.7. The van der Waals surface area contributed by atoms with E-state index in [0.717, 1.165) is 23.7 Å². The van der Waals surface area contributed by atoms with E-state index in [1.54, 1.807) is 0 Å². The van der Waals surface area contributed by atoms with E-state index >= 15 is 0 Å². The van der Waals surface area contributed by atoms with Gasteiger partial charge in [0.05, 0.1) is 0 Å². The molecule has 0 aromatic heterocycles. The van der Waals surface area contributed by atoms with E-state index in [1.807, 2.05) is 0 Å². The lowest BCUT2D eigenvalue weighted by Crippen LogP contribution is -2.52. The lowest BCUT2D eigenvalue weighted by atomic mass is 10.1. The fourth-order valence-electron chi connectivity index (χ4n) is 3.83. The summed E-state index contributed by atoms with van der Waals surface area (Å²) in [5.41, 5.74) is 9.89. The van der Waals surface area contributed by atoms with Gasteiger partial charge in [0.25, 0.3) is 0 Å². The summed E-state index contributed by atoms with van der Waals surface area (Å²) in [5.74, 6) is 0.740. The number of rotatable bonds is 2. The number of hydrogen-bond donors (Lipinski definition) is 1. The van der Waals surface area contributed by atoms with Gasteiger partial charge in [0.1, 0.15) is 0 Å². The molecule has 1 saturated carbocycles. The average molecular weight is 257 g/mol. The van der Waals surface area contributed by atoms with Crippen molar-refractivity contribution in [3.8, 4) is 0 Å². The Kier molecular flexibility index (Phi) is 2.52. The summed E-state index contributed by atoms with van der Waals surface area (Å²) in [5, 5.41) is 0. The maximum Gasteiger partial charge on any atom is 0.0371 e. The fraction of sp³-hybridized carbons (Fsp3) is 0.625. The molecule has 2 atom stereocenters. The molecule has 1 aromatic carbocycles. The first-order valence-corrected chi connectivity index (χ1v) is 7.58. The van der Waals surface area contributed by atoms with E-state index in [4.69, 9.17) is 5.73 Å². The summed E-state index contributed by atoms with van der Waals surface area (Å²) in [4.78, 5) is 5.16. The molecule has 2 heterocycles. The first-order chi connectivity index (χ1) is 9.22. The molecule has 2 unspecified atom stereocenters. The molecule has 0 amide bonds. The fourth-order valence-corrected chi connectivity index (χ4v) is 3.83. The highest BCUT2D eigenvalue weighted by Gasteiger charge is 2.37. The van der Waals surface area contributed by atoms with Crippen LogP contribution < -0.4 is 10.6 Å².